The number of hydrogen-bond acceptors (Lipinski definition) is 4. The molecule has 2 rings (SSSR count). The molecule has 2 aromatic heterocycles. The van der Waals surface area contributed by atoms with Crippen LogP contribution in [-0.2, 0) is 0 Å². The van der Waals surface area contributed by atoms with Gasteiger partial charge in [-0.15, -0.1) is 0 Å². The van der Waals surface area contributed by atoms with Gasteiger partial charge in [-0.05, 0) is 25.1 Å². The van der Waals surface area contributed by atoms with Gasteiger partial charge in [0.1, 0.15) is 5.15 Å². The summed E-state index contributed by atoms with van der Waals surface area (Å²) in [6, 6.07) is 3.98. The largest absolute Gasteiger partial charge is 0.290 e. The Morgan fingerprint density at radius 2 is 2.17 bits per heavy atom. The molecular formula is C11H8ClFN4O. The van der Waals surface area contributed by atoms with Crippen molar-refractivity contribution in [3.8, 4) is 0 Å². The van der Waals surface area contributed by atoms with Crippen LogP contribution in [0, 0.1) is 12.9 Å². The van der Waals surface area contributed by atoms with Crippen molar-refractivity contribution in [3.05, 3.63) is 46.8 Å². The van der Waals surface area contributed by atoms with Crippen LogP contribution in [0.15, 0.2) is 24.4 Å². The van der Waals surface area contributed by atoms with E-state index < -0.39 is 11.9 Å². The SMILES string of the molecule is Cc1cc(Cl)nc(NC(=O)c2ccc(F)nc2)n1. The number of nitrogens with zero attached hydrogens (tertiary/aromatic N) is 3. The molecule has 0 aliphatic rings. The van der Waals surface area contributed by atoms with Gasteiger partial charge in [-0.2, -0.15) is 4.39 Å². The number of pyridine rings is 1. The summed E-state index contributed by atoms with van der Waals surface area (Å²) >= 11 is 5.74. The monoisotopic (exact) mass is 266 g/mol. The molecule has 0 aromatic carbocycles. The molecule has 7 heteroatoms. The molecule has 1 amide bonds. The van der Waals surface area contributed by atoms with E-state index in [1.54, 1.807) is 13.0 Å². The molecule has 1 N–H and O–H groups in total. The van der Waals surface area contributed by atoms with Gasteiger partial charge in [-0.3, -0.25) is 10.1 Å². The topological polar surface area (TPSA) is 67.8 Å². The van der Waals surface area contributed by atoms with Crippen molar-refractivity contribution >= 4 is 23.5 Å². The smallest absolute Gasteiger partial charge is 0.259 e. The highest BCUT2D eigenvalue weighted by atomic mass is 35.5. The Morgan fingerprint density at radius 1 is 1.39 bits per heavy atom. The lowest BCUT2D eigenvalue weighted by molar-refractivity contribution is 0.102. The van der Waals surface area contributed by atoms with E-state index in [2.05, 4.69) is 20.3 Å². The lowest BCUT2D eigenvalue weighted by Crippen LogP contribution is -2.15. The highest BCUT2D eigenvalue weighted by Crippen LogP contribution is 2.10. The molecule has 0 radical (unpaired) electrons. The van der Waals surface area contributed by atoms with Gasteiger partial charge in [-0.25, -0.2) is 15.0 Å². The standard InChI is InChI=1S/C11H8ClFN4O/c1-6-4-8(12)16-11(15-6)17-10(18)7-2-3-9(13)14-5-7/h2-5H,1H3,(H,15,16,17,18). The number of nitrogens with one attached hydrogen (secondary N) is 1. The highest BCUT2D eigenvalue weighted by molar-refractivity contribution is 6.29. The first kappa shape index (κ1) is 12.4. The molecule has 0 aliphatic carbocycles. The van der Waals surface area contributed by atoms with Gasteiger partial charge in [-0.1, -0.05) is 11.6 Å². The molecule has 18 heavy (non-hydrogen) atoms. The molecule has 0 saturated carbocycles. The maximum Gasteiger partial charge on any atom is 0.259 e. The molecular weight excluding hydrogens is 259 g/mol. The first-order chi connectivity index (χ1) is 8.54. The molecule has 0 bridgehead atoms. The zero-order valence-corrected chi connectivity index (χ0v) is 10.1. The fraction of sp³-hybridized carbons (Fsp3) is 0.0909. The van der Waals surface area contributed by atoms with E-state index in [4.69, 9.17) is 11.6 Å². The van der Waals surface area contributed by atoms with Crippen molar-refractivity contribution in [2.45, 2.75) is 6.92 Å². The number of aryl methyl sites for hydroxylation is 1. The molecule has 0 atom stereocenters. The van der Waals surface area contributed by atoms with Crippen LogP contribution in [0.5, 0.6) is 0 Å². The second kappa shape index (κ2) is 5.05. The minimum Gasteiger partial charge on any atom is -0.290 e. The second-order valence-corrected chi connectivity index (χ2v) is 3.87. The van der Waals surface area contributed by atoms with Gasteiger partial charge in [0.25, 0.3) is 5.91 Å². The third-order valence-corrected chi connectivity index (χ3v) is 2.23. The molecule has 0 spiro atoms. The number of rotatable bonds is 2. The summed E-state index contributed by atoms with van der Waals surface area (Å²) in [7, 11) is 0. The molecule has 0 aliphatic heterocycles. The van der Waals surface area contributed by atoms with Crippen molar-refractivity contribution in [1.29, 1.82) is 0 Å². The molecule has 0 saturated heterocycles. The third-order valence-electron chi connectivity index (χ3n) is 2.04. The van der Waals surface area contributed by atoms with Crippen molar-refractivity contribution in [1.82, 2.24) is 15.0 Å². The first-order valence-electron chi connectivity index (χ1n) is 4.99. The maximum atomic E-state index is 12.6. The fourth-order valence-electron chi connectivity index (χ4n) is 1.27. The van der Waals surface area contributed by atoms with Crippen LogP contribution < -0.4 is 5.32 Å². The van der Waals surface area contributed by atoms with E-state index in [-0.39, 0.29) is 16.7 Å². The van der Waals surface area contributed by atoms with E-state index >= 15 is 0 Å². The number of amides is 1. The Bertz CT molecular complexity index is 568. The Hall–Kier alpha value is -2.08. The molecule has 0 unspecified atom stereocenters. The predicted octanol–water partition coefficient (Wildman–Crippen LogP) is 2.22. The number of anilines is 1. The Kier molecular flexibility index (Phi) is 3.47. The summed E-state index contributed by atoms with van der Waals surface area (Å²) in [5.41, 5.74) is 0.833. The Labute approximate surface area is 107 Å². The van der Waals surface area contributed by atoms with Crippen LogP contribution in [0.25, 0.3) is 0 Å². The van der Waals surface area contributed by atoms with Crippen molar-refractivity contribution in [2.24, 2.45) is 0 Å². The van der Waals surface area contributed by atoms with Crippen LogP contribution in [0.3, 0.4) is 0 Å². The van der Waals surface area contributed by atoms with Crippen LogP contribution in [0.2, 0.25) is 5.15 Å². The summed E-state index contributed by atoms with van der Waals surface area (Å²) in [6.07, 6.45) is 1.13. The zero-order chi connectivity index (χ0) is 13.1. The predicted molar refractivity (Wildman–Crippen MR) is 63.9 cm³/mol. The third kappa shape index (κ3) is 2.98. The Morgan fingerprint density at radius 3 is 2.78 bits per heavy atom. The summed E-state index contributed by atoms with van der Waals surface area (Å²) in [5, 5.41) is 2.68. The van der Waals surface area contributed by atoms with E-state index in [1.807, 2.05) is 0 Å². The van der Waals surface area contributed by atoms with Gasteiger partial charge in [0.15, 0.2) is 0 Å². The van der Waals surface area contributed by atoms with E-state index in [9.17, 15) is 9.18 Å². The maximum absolute atomic E-state index is 12.6. The van der Waals surface area contributed by atoms with Crippen molar-refractivity contribution in [2.75, 3.05) is 5.32 Å². The Balaban J connectivity index is 2.18. The highest BCUT2D eigenvalue weighted by Gasteiger charge is 2.09. The van der Waals surface area contributed by atoms with E-state index in [0.717, 1.165) is 12.3 Å². The normalized spacial score (nSPS) is 10.2. The average molecular weight is 267 g/mol. The number of aromatic nitrogens is 3. The van der Waals surface area contributed by atoms with E-state index in [0.29, 0.717) is 5.69 Å². The molecule has 2 aromatic rings. The van der Waals surface area contributed by atoms with Gasteiger partial charge < -0.3 is 0 Å². The molecule has 92 valence electrons. The van der Waals surface area contributed by atoms with Crippen LogP contribution in [0.4, 0.5) is 10.3 Å². The van der Waals surface area contributed by atoms with Crippen LogP contribution in [0.1, 0.15) is 16.1 Å². The number of hydrogen-bond donors (Lipinski definition) is 1. The minimum atomic E-state index is -0.651. The van der Waals surface area contributed by atoms with Crippen LogP contribution >= 0.6 is 11.6 Å². The quantitative estimate of drug-likeness (QED) is 0.668. The van der Waals surface area contributed by atoms with Crippen molar-refractivity contribution in [3.63, 3.8) is 0 Å². The van der Waals surface area contributed by atoms with Crippen LogP contribution in [-0.4, -0.2) is 20.9 Å². The second-order valence-electron chi connectivity index (χ2n) is 3.48. The molecule has 0 fully saturated rings. The first-order valence-corrected chi connectivity index (χ1v) is 5.36. The minimum absolute atomic E-state index is 0.0920. The summed E-state index contributed by atoms with van der Waals surface area (Å²) in [6.45, 7) is 1.72. The van der Waals surface area contributed by atoms with Gasteiger partial charge in [0, 0.05) is 11.9 Å². The lowest BCUT2D eigenvalue weighted by Gasteiger charge is -2.04. The van der Waals surface area contributed by atoms with Gasteiger partial charge in [0.05, 0.1) is 5.56 Å². The van der Waals surface area contributed by atoms with Crippen molar-refractivity contribution < 1.29 is 9.18 Å². The summed E-state index contributed by atoms with van der Waals surface area (Å²) in [4.78, 5) is 23.0. The average Bonchev–Trinajstić information content (AvgIpc) is 2.28. The number of halogens is 2. The number of carbonyl (C=O) groups excluding carboxylic acids is 1. The summed E-state index contributed by atoms with van der Waals surface area (Å²) in [5.74, 6) is -1.04. The van der Waals surface area contributed by atoms with Gasteiger partial charge >= 0.3 is 0 Å². The fourth-order valence-corrected chi connectivity index (χ4v) is 1.51. The zero-order valence-electron chi connectivity index (χ0n) is 9.32. The summed E-state index contributed by atoms with van der Waals surface area (Å²) < 4.78 is 12.6. The van der Waals surface area contributed by atoms with Gasteiger partial charge in [0.2, 0.25) is 11.9 Å². The molecule has 5 nitrogen and oxygen atoms in total. The number of carbonyl (C=O) groups is 1. The molecule has 2 heterocycles. The lowest BCUT2D eigenvalue weighted by atomic mass is 10.3. The van der Waals surface area contributed by atoms with E-state index in [1.165, 1.54) is 6.07 Å².